The predicted molar refractivity (Wildman–Crippen MR) is 99.1 cm³/mol. The van der Waals surface area contributed by atoms with Crippen molar-refractivity contribution in [3.8, 4) is 11.5 Å². The Morgan fingerprint density at radius 3 is 2.54 bits per heavy atom. The third kappa shape index (κ3) is 5.58. The van der Waals surface area contributed by atoms with Crippen LogP contribution in [0.3, 0.4) is 0 Å². The van der Waals surface area contributed by atoms with Gasteiger partial charge < -0.3 is 19.3 Å². The fourth-order valence-corrected chi connectivity index (χ4v) is 3.44. The number of ether oxygens (including phenoxy) is 2. The average molecular weight is 406 g/mol. The third-order valence-electron chi connectivity index (χ3n) is 3.79. The van der Waals surface area contributed by atoms with Gasteiger partial charge in [-0.05, 0) is 26.1 Å². The molecule has 0 saturated heterocycles. The van der Waals surface area contributed by atoms with E-state index in [0.717, 1.165) is 0 Å². The quantitative estimate of drug-likeness (QED) is 0.671. The Hall–Kier alpha value is -1.84. The fourth-order valence-electron chi connectivity index (χ4n) is 2.20. The van der Waals surface area contributed by atoms with Crippen LogP contribution in [0.25, 0.3) is 0 Å². The van der Waals surface area contributed by atoms with E-state index in [2.05, 4.69) is 15.5 Å². The van der Waals surface area contributed by atoms with E-state index in [0.29, 0.717) is 29.6 Å². The SMILES string of the molecule is CNC(C)Cc1noc(CCS(=O)(=O)c2ccc(OC)c(OC)c2)n1.Cl. The molecule has 2 rings (SSSR count). The van der Waals surface area contributed by atoms with Crippen molar-refractivity contribution < 1.29 is 22.4 Å². The van der Waals surface area contributed by atoms with Crippen LogP contribution in [0.5, 0.6) is 11.5 Å². The molecule has 0 aliphatic heterocycles. The minimum absolute atomic E-state index is 0. The standard InChI is InChI=1S/C16H23N3O5S.ClH/c1-11(17-2)9-15-18-16(24-19-15)7-8-25(20,21)12-5-6-13(22-3)14(10-12)23-4;/h5-6,10-11,17H,7-9H2,1-4H3;1H. The Balaban J connectivity index is 0.00000338. The van der Waals surface area contributed by atoms with Gasteiger partial charge in [-0.1, -0.05) is 5.16 Å². The van der Waals surface area contributed by atoms with E-state index in [-0.39, 0.29) is 35.5 Å². The van der Waals surface area contributed by atoms with E-state index in [1.165, 1.54) is 26.4 Å². The first-order chi connectivity index (χ1) is 11.9. The molecule has 0 bridgehead atoms. The van der Waals surface area contributed by atoms with Crippen LogP contribution in [0.15, 0.2) is 27.6 Å². The predicted octanol–water partition coefficient (Wildman–Crippen LogP) is 1.68. The topological polar surface area (TPSA) is 104 Å². The van der Waals surface area contributed by atoms with Crippen molar-refractivity contribution in [3.05, 3.63) is 29.9 Å². The lowest BCUT2D eigenvalue weighted by Gasteiger charge is -2.09. The first kappa shape index (κ1) is 22.2. The molecule has 0 spiro atoms. The van der Waals surface area contributed by atoms with Crippen LogP contribution in [-0.2, 0) is 22.7 Å². The average Bonchev–Trinajstić information content (AvgIpc) is 3.06. The summed E-state index contributed by atoms with van der Waals surface area (Å²) in [6.07, 6.45) is 0.764. The van der Waals surface area contributed by atoms with E-state index >= 15 is 0 Å². The molecule has 1 aromatic carbocycles. The normalized spacial score (nSPS) is 12.3. The number of aromatic nitrogens is 2. The Morgan fingerprint density at radius 2 is 1.92 bits per heavy atom. The van der Waals surface area contributed by atoms with Crippen molar-refractivity contribution >= 4 is 22.2 Å². The van der Waals surface area contributed by atoms with Gasteiger partial charge in [-0.2, -0.15) is 4.98 Å². The van der Waals surface area contributed by atoms with Gasteiger partial charge >= 0.3 is 0 Å². The molecule has 1 N–H and O–H groups in total. The maximum atomic E-state index is 12.5. The summed E-state index contributed by atoms with van der Waals surface area (Å²) in [5.74, 6) is 1.57. The van der Waals surface area contributed by atoms with Gasteiger partial charge in [-0.15, -0.1) is 12.4 Å². The molecule has 0 fully saturated rings. The van der Waals surface area contributed by atoms with Crippen LogP contribution in [0, 0.1) is 0 Å². The van der Waals surface area contributed by atoms with Gasteiger partial charge in [-0.25, -0.2) is 8.42 Å². The van der Waals surface area contributed by atoms with Gasteiger partial charge in [0.1, 0.15) is 0 Å². The Kier molecular flexibility index (Phi) is 8.32. The maximum absolute atomic E-state index is 12.5. The van der Waals surface area contributed by atoms with Crippen molar-refractivity contribution in [3.63, 3.8) is 0 Å². The second-order valence-corrected chi connectivity index (χ2v) is 7.69. The summed E-state index contributed by atoms with van der Waals surface area (Å²) < 4.78 is 40.4. The molecule has 0 saturated carbocycles. The fraction of sp³-hybridized carbons (Fsp3) is 0.500. The summed E-state index contributed by atoms with van der Waals surface area (Å²) in [6, 6.07) is 4.71. The molecule has 1 heterocycles. The Morgan fingerprint density at radius 1 is 1.23 bits per heavy atom. The second-order valence-electron chi connectivity index (χ2n) is 5.58. The number of aryl methyl sites for hydroxylation is 1. The number of methoxy groups -OCH3 is 2. The Bertz CT molecular complexity index is 810. The van der Waals surface area contributed by atoms with Crippen LogP contribution < -0.4 is 14.8 Å². The molecular weight excluding hydrogens is 382 g/mol. The number of rotatable bonds is 9. The highest BCUT2D eigenvalue weighted by atomic mass is 35.5. The summed E-state index contributed by atoms with van der Waals surface area (Å²) >= 11 is 0. The van der Waals surface area contributed by atoms with Crippen molar-refractivity contribution in [2.24, 2.45) is 0 Å². The van der Waals surface area contributed by atoms with Gasteiger partial charge in [-0.3, -0.25) is 0 Å². The lowest BCUT2D eigenvalue weighted by Crippen LogP contribution is -2.24. The van der Waals surface area contributed by atoms with Crippen LogP contribution >= 0.6 is 12.4 Å². The molecule has 0 radical (unpaired) electrons. The lowest BCUT2D eigenvalue weighted by atomic mass is 10.2. The summed E-state index contributed by atoms with van der Waals surface area (Å²) in [6.45, 7) is 2.00. The molecule has 26 heavy (non-hydrogen) atoms. The minimum atomic E-state index is -3.51. The number of hydrogen-bond acceptors (Lipinski definition) is 8. The van der Waals surface area contributed by atoms with Crippen molar-refractivity contribution in [1.82, 2.24) is 15.5 Å². The van der Waals surface area contributed by atoms with E-state index in [9.17, 15) is 8.42 Å². The highest BCUT2D eigenvalue weighted by Gasteiger charge is 2.19. The van der Waals surface area contributed by atoms with Gasteiger partial charge in [0.15, 0.2) is 27.2 Å². The van der Waals surface area contributed by atoms with Crippen LogP contribution in [0.2, 0.25) is 0 Å². The van der Waals surface area contributed by atoms with Crippen LogP contribution in [0.1, 0.15) is 18.6 Å². The van der Waals surface area contributed by atoms with Gasteiger partial charge in [0, 0.05) is 24.9 Å². The molecule has 0 aliphatic rings. The zero-order valence-corrected chi connectivity index (χ0v) is 16.8. The molecule has 0 aliphatic carbocycles. The van der Waals surface area contributed by atoms with Gasteiger partial charge in [0.05, 0.1) is 24.9 Å². The van der Waals surface area contributed by atoms with Crippen molar-refractivity contribution in [2.45, 2.75) is 30.7 Å². The van der Waals surface area contributed by atoms with E-state index in [1.807, 2.05) is 14.0 Å². The highest BCUT2D eigenvalue weighted by molar-refractivity contribution is 7.91. The minimum Gasteiger partial charge on any atom is -0.493 e. The van der Waals surface area contributed by atoms with Gasteiger partial charge in [0.2, 0.25) is 5.89 Å². The molecule has 146 valence electrons. The smallest absolute Gasteiger partial charge is 0.227 e. The summed E-state index contributed by atoms with van der Waals surface area (Å²) in [7, 11) is 1.29. The zero-order valence-electron chi connectivity index (χ0n) is 15.2. The maximum Gasteiger partial charge on any atom is 0.227 e. The monoisotopic (exact) mass is 405 g/mol. The molecule has 2 aromatic rings. The number of halogens is 1. The number of nitrogens with one attached hydrogen (secondary N) is 1. The van der Waals surface area contributed by atoms with Crippen molar-refractivity contribution in [2.75, 3.05) is 27.0 Å². The summed E-state index contributed by atoms with van der Waals surface area (Å²) in [5, 5.41) is 6.95. The van der Waals surface area contributed by atoms with Crippen LogP contribution in [0.4, 0.5) is 0 Å². The van der Waals surface area contributed by atoms with Crippen LogP contribution in [-0.4, -0.2) is 51.6 Å². The van der Waals surface area contributed by atoms with E-state index in [4.69, 9.17) is 14.0 Å². The van der Waals surface area contributed by atoms with E-state index in [1.54, 1.807) is 6.07 Å². The molecule has 1 atom stereocenters. The Labute approximate surface area is 159 Å². The number of likely N-dealkylation sites (N-methyl/N-ethyl adjacent to an activating group) is 1. The summed E-state index contributed by atoms with van der Waals surface area (Å²) in [4.78, 5) is 4.39. The van der Waals surface area contributed by atoms with Crippen molar-refractivity contribution in [1.29, 1.82) is 0 Å². The van der Waals surface area contributed by atoms with Gasteiger partial charge in [0.25, 0.3) is 0 Å². The summed E-state index contributed by atoms with van der Waals surface area (Å²) in [5.41, 5.74) is 0. The highest BCUT2D eigenvalue weighted by Crippen LogP contribution is 2.29. The second kappa shape index (κ2) is 9.75. The molecule has 8 nitrogen and oxygen atoms in total. The number of sulfone groups is 1. The first-order valence-electron chi connectivity index (χ1n) is 7.83. The molecule has 1 aromatic heterocycles. The largest absolute Gasteiger partial charge is 0.493 e. The molecular formula is C16H24ClN3O5S. The number of benzene rings is 1. The first-order valence-corrected chi connectivity index (χ1v) is 9.48. The molecule has 1 unspecified atom stereocenters. The zero-order chi connectivity index (χ0) is 18.4. The molecule has 0 amide bonds. The number of nitrogens with zero attached hydrogens (tertiary/aromatic N) is 2. The number of hydrogen-bond donors (Lipinski definition) is 1. The lowest BCUT2D eigenvalue weighted by molar-refractivity contribution is 0.354. The van der Waals surface area contributed by atoms with E-state index < -0.39 is 9.84 Å². The third-order valence-corrected chi connectivity index (χ3v) is 5.50. The molecule has 10 heteroatoms.